The Morgan fingerprint density at radius 2 is 1.86 bits per heavy atom. The molecule has 184 valence electrons. The molecule has 0 spiro atoms. The van der Waals surface area contributed by atoms with Gasteiger partial charge in [-0.3, -0.25) is 14.5 Å². The molecule has 8 heteroatoms. The average molecular weight is 511 g/mol. The van der Waals surface area contributed by atoms with Gasteiger partial charge in [0.1, 0.15) is 6.04 Å². The molecule has 1 atom stereocenters. The molecule has 0 radical (unpaired) electrons. The summed E-state index contributed by atoms with van der Waals surface area (Å²) in [7, 11) is 1.32. The number of hydrogen-bond acceptors (Lipinski definition) is 6. The Bertz CT molecular complexity index is 1170. The van der Waals surface area contributed by atoms with Gasteiger partial charge in [0.25, 0.3) is 0 Å². The van der Waals surface area contributed by atoms with Gasteiger partial charge in [-0.25, -0.2) is 4.79 Å². The van der Waals surface area contributed by atoms with E-state index in [0.29, 0.717) is 11.3 Å². The standard InChI is InChI=1S/C27H30N2O4S2/c1-18-13-15-35-25(18)24(26(31)28-20-9-4-3-5-10-20)29(23(30)17-22-12-7-14-34-22)21-11-6-8-19(16-21)27(32)33-2/h6-8,11-16,20,24H,3-5,9-10,17H2,1-2H3,(H,28,31)/t24-/m1/s1. The predicted octanol–water partition coefficient (Wildman–Crippen LogP) is 5.67. The second-order valence-electron chi connectivity index (χ2n) is 8.78. The van der Waals surface area contributed by atoms with Gasteiger partial charge in [-0.05, 0) is 66.4 Å². The monoisotopic (exact) mass is 510 g/mol. The first-order chi connectivity index (χ1) is 17.0. The van der Waals surface area contributed by atoms with Crippen LogP contribution in [0.5, 0.6) is 0 Å². The summed E-state index contributed by atoms with van der Waals surface area (Å²) in [5.41, 5.74) is 1.77. The minimum atomic E-state index is -0.836. The highest BCUT2D eigenvalue weighted by molar-refractivity contribution is 7.10. The molecule has 1 aliphatic rings. The Morgan fingerprint density at radius 3 is 2.51 bits per heavy atom. The van der Waals surface area contributed by atoms with Gasteiger partial charge in [0, 0.05) is 21.5 Å². The lowest BCUT2D eigenvalue weighted by Gasteiger charge is -2.33. The number of hydrogen-bond donors (Lipinski definition) is 1. The Hall–Kier alpha value is -2.97. The van der Waals surface area contributed by atoms with Crippen molar-refractivity contribution in [1.29, 1.82) is 0 Å². The molecule has 2 heterocycles. The lowest BCUT2D eigenvalue weighted by molar-refractivity contribution is -0.127. The van der Waals surface area contributed by atoms with Crippen LogP contribution in [0.15, 0.2) is 53.2 Å². The van der Waals surface area contributed by atoms with Crippen molar-refractivity contribution in [1.82, 2.24) is 5.32 Å². The number of ether oxygens (including phenoxy) is 1. The summed E-state index contributed by atoms with van der Waals surface area (Å²) in [4.78, 5) is 43.3. The number of benzene rings is 1. The fraction of sp³-hybridized carbons (Fsp3) is 0.370. The van der Waals surface area contributed by atoms with Crippen LogP contribution in [0.3, 0.4) is 0 Å². The summed E-state index contributed by atoms with van der Waals surface area (Å²) >= 11 is 2.97. The van der Waals surface area contributed by atoms with E-state index in [1.165, 1.54) is 36.2 Å². The summed E-state index contributed by atoms with van der Waals surface area (Å²) < 4.78 is 4.90. The van der Waals surface area contributed by atoms with Crippen molar-refractivity contribution < 1.29 is 19.1 Å². The molecule has 2 aromatic heterocycles. The number of carbonyl (C=O) groups excluding carboxylic acids is 3. The van der Waals surface area contributed by atoms with Gasteiger partial charge < -0.3 is 10.1 Å². The molecule has 4 rings (SSSR count). The predicted molar refractivity (Wildman–Crippen MR) is 140 cm³/mol. The van der Waals surface area contributed by atoms with Gasteiger partial charge in [-0.2, -0.15) is 0 Å². The maximum Gasteiger partial charge on any atom is 0.337 e. The number of nitrogens with one attached hydrogen (secondary N) is 1. The van der Waals surface area contributed by atoms with Gasteiger partial charge in [0.05, 0.1) is 19.1 Å². The van der Waals surface area contributed by atoms with Gasteiger partial charge in [-0.15, -0.1) is 22.7 Å². The van der Waals surface area contributed by atoms with Crippen LogP contribution < -0.4 is 10.2 Å². The van der Waals surface area contributed by atoms with Crippen LogP contribution in [-0.4, -0.2) is 30.9 Å². The van der Waals surface area contributed by atoms with Crippen LogP contribution in [0, 0.1) is 6.92 Å². The van der Waals surface area contributed by atoms with Crippen molar-refractivity contribution in [2.75, 3.05) is 12.0 Å². The van der Waals surface area contributed by atoms with Crippen LogP contribution in [0.1, 0.15) is 63.8 Å². The first-order valence-electron chi connectivity index (χ1n) is 11.8. The number of nitrogens with zero attached hydrogens (tertiary/aromatic N) is 1. The molecule has 0 unspecified atom stereocenters. The Balaban J connectivity index is 1.77. The van der Waals surface area contributed by atoms with Crippen LogP contribution in [-0.2, 0) is 20.7 Å². The zero-order chi connectivity index (χ0) is 24.8. The molecule has 1 saturated carbocycles. The molecule has 1 aromatic carbocycles. The van der Waals surface area contributed by atoms with Crippen LogP contribution in [0.25, 0.3) is 0 Å². The third-order valence-corrected chi connectivity index (χ3v) is 8.28. The number of rotatable bonds is 8. The number of aryl methyl sites for hydroxylation is 1. The molecule has 0 bridgehead atoms. The molecular formula is C27H30N2O4S2. The van der Waals surface area contributed by atoms with Crippen LogP contribution in [0.4, 0.5) is 5.69 Å². The third kappa shape index (κ3) is 6.00. The summed E-state index contributed by atoms with van der Waals surface area (Å²) in [6.07, 6.45) is 5.43. The topological polar surface area (TPSA) is 75.7 Å². The summed E-state index contributed by atoms with van der Waals surface area (Å²) in [6.45, 7) is 1.96. The molecule has 1 aliphatic carbocycles. The maximum absolute atomic E-state index is 13.9. The summed E-state index contributed by atoms with van der Waals surface area (Å²) in [6, 6.07) is 11.8. The van der Waals surface area contributed by atoms with Crippen molar-refractivity contribution >= 4 is 46.1 Å². The van der Waals surface area contributed by atoms with E-state index in [0.717, 1.165) is 41.0 Å². The molecule has 6 nitrogen and oxygen atoms in total. The highest BCUT2D eigenvalue weighted by Crippen LogP contribution is 2.35. The number of amides is 2. The zero-order valence-corrected chi connectivity index (χ0v) is 21.6. The smallest absolute Gasteiger partial charge is 0.337 e. The molecule has 1 fully saturated rings. The number of thiophene rings is 2. The van der Waals surface area contributed by atoms with Crippen molar-refractivity contribution in [2.24, 2.45) is 0 Å². The SMILES string of the molecule is COC(=O)c1cccc(N(C(=O)Cc2cccs2)[C@@H](C(=O)NC2CCCCC2)c2sccc2C)c1. The van der Waals surface area contributed by atoms with E-state index in [4.69, 9.17) is 4.74 Å². The quantitative estimate of drug-likeness (QED) is 0.396. The second kappa shape index (κ2) is 11.6. The Kier molecular flexibility index (Phi) is 8.36. The van der Waals surface area contributed by atoms with Crippen LogP contribution >= 0.6 is 22.7 Å². The van der Waals surface area contributed by atoms with E-state index in [1.807, 2.05) is 35.9 Å². The van der Waals surface area contributed by atoms with E-state index in [-0.39, 0.29) is 24.3 Å². The van der Waals surface area contributed by atoms with Crippen molar-refractivity contribution in [3.05, 3.63) is 74.1 Å². The van der Waals surface area contributed by atoms with E-state index in [2.05, 4.69) is 5.32 Å². The summed E-state index contributed by atoms with van der Waals surface area (Å²) in [5, 5.41) is 7.11. The van der Waals surface area contributed by atoms with Gasteiger partial charge in [0.2, 0.25) is 11.8 Å². The molecule has 2 amide bonds. The minimum Gasteiger partial charge on any atom is -0.465 e. The molecule has 1 N–H and O–H groups in total. The number of methoxy groups -OCH3 is 1. The Labute approximate surface area is 213 Å². The molecular weight excluding hydrogens is 480 g/mol. The molecule has 3 aromatic rings. The maximum atomic E-state index is 13.9. The third-order valence-electron chi connectivity index (χ3n) is 6.33. The van der Waals surface area contributed by atoms with Crippen molar-refractivity contribution in [3.8, 4) is 0 Å². The van der Waals surface area contributed by atoms with E-state index in [9.17, 15) is 14.4 Å². The first kappa shape index (κ1) is 25.1. The molecule has 0 aliphatic heterocycles. The number of esters is 1. The lowest BCUT2D eigenvalue weighted by atomic mass is 9.95. The molecule has 0 saturated heterocycles. The van der Waals surface area contributed by atoms with Gasteiger partial charge in [0.15, 0.2) is 0 Å². The van der Waals surface area contributed by atoms with E-state index >= 15 is 0 Å². The number of anilines is 1. The fourth-order valence-electron chi connectivity index (χ4n) is 4.53. The van der Waals surface area contributed by atoms with Gasteiger partial charge >= 0.3 is 5.97 Å². The van der Waals surface area contributed by atoms with Crippen LogP contribution in [0.2, 0.25) is 0 Å². The summed E-state index contributed by atoms with van der Waals surface area (Å²) in [5.74, 6) is -0.885. The highest BCUT2D eigenvalue weighted by Gasteiger charge is 2.36. The Morgan fingerprint density at radius 1 is 1.06 bits per heavy atom. The van der Waals surface area contributed by atoms with Gasteiger partial charge in [-0.1, -0.05) is 31.4 Å². The zero-order valence-electron chi connectivity index (χ0n) is 20.0. The molecule has 35 heavy (non-hydrogen) atoms. The highest BCUT2D eigenvalue weighted by atomic mass is 32.1. The number of carbonyl (C=O) groups is 3. The fourth-order valence-corrected chi connectivity index (χ4v) is 6.24. The van der Waals surface area contributed by atoms with Crippen molar-refractivity contribution in [3.63, 3.8) is 0 Å². The minimum absolute atomic E-state index is 0.106. The normalized spacial score (nSPS) is 14.8. The van der Waals surface area contributed by atoms with E-state index in [1.54, 1.807) is 29.2 Å². The largest absolute Gasteiger partial charge is 0.465 e. The first-order valence-corrected chi connectivity index (χ1v) is 13.6. The average Bonchev–Trinajstić information content (AvgIpc) is 3.54. The lowest BCUT2D eigenvalue weighted by Crippen LogP contribution is -2.47. The van der Waals surface area contributed by atoms with E-state index < -0.39 is 12.0 Å². The van der Waals surface area contributed by atoms with Crippen molar-refractivity contribution in [2.45, 2.75) is 57.5 Å². The second-order valence-corrected chi connectivity index (χ2v) is 10.8.